The monoisotopic (exact) mass is 319 g/mol. The van der Waals surface area contributed by atoms with Crippen LogP contribution in [0.5, 0.6) is 5.75 Å². The van der Waals surface area contributed by atoms with Crippen LogP contribution in [0.3, 0.4) is 0 Å². The second-order valence-electron chi connectivity index (χ2n) is 5.31. The van der Waals surface area contributed by atoms with Crippen LogP contribution in [0.1, 0.15) is 13.3 Å². The van der Waals surface area contributed by atoms with Gasteiger partial charge in [0, 0.05) is 6.07 Å². The van der Waals surface area contributed by atoms with Gasteiger partial charge in [0.2, 0.25) is 0 Å². The first kappa shape index (κ1) is 15.7. The van der Waals surface area contributed by atoms with E-state index in [2.05, 4.69) is 5.32 Å². The molecule has 0 aromatic heterocycles. The van der Waals surface area contributed by atoms with Gasteiger partial charge in [0.1, 0.15) is 5.82 Å². The molecule has 0 unspecified atom stereocenters. The highest BCUT2D eigenvalue weighted by Crippen LogP contribution is 2.23. The summed E-state index contributed by atoms with van der Waals surface area (Å²) in [4.78, 5) is 11.7. The van der Waals surface area contributed by atoms with Crippen LogP contribution >= 0.6 is 0 Å². The molecule has 2 rings (SSSR count). The summed E-state index contributed by atoms with van der Waals surface area (Å²) in [5, 5.41) is 2.57. The van der Waals surface area contributed by atoms with Crippen molar-refractivity contribution >= 4 is 15.7 Å². The lowest BCUT2D eigenvalue weighted by Gasteiger charge is -2.23. The first-order valence-corrected chi connectivity index (χ1v) is 8.11. The SMILES string of the molecule is C[C@]1(NC(=O)COc2ccc(F)cc2F)CCS(=O)(=O)C1. The number of ether oxygens (including phenoxy) is 1. The van der Waals surface area contributed by atoms with E-state index >= 15 is 0 Å². The van der Waals surface area contributed by atoms with Gasteiger partial charge < -0.3 is 10.1 Å². The summed E-state index contributed by atoms with van der Waals surface area (Å²) in [6, 6.07) is 2.75. The van der Waals surface area contributed by atoms with Crippen LogP contribution in [0.4, 0.5) is 8.78 Å². The van der Waals surface area contributed by atoms with Crippen LogP contribution < -0.4 is 10.1 Å². The van der Waals surface area contributed by atoms with Crippen LogP contribution in [0.15, 0.2) is 18.2 Å². The van der Waals surface area contributed by atoms with E-state index in [9.17, 15) is 22.0 Å². The summed E-state index contributed by atoms with van der Waals surface area (Å²) < 4.78 is 53.8. The molecule has 8 heteroatoms. The van der Waals surface area contributed by atoms with Gasteiger partial charge in [-0.2, -0.15) is 0 Å². The molecule has 1 aromatic carbocycles. The van der Waals surface area contributed by atoms with Crippen molar-refractivity contribution in [3.05, 3.63) is 29.8 Å². The average molecular weight is 319 g/mol. The molecule has 1 fully saturated rings. The molecular formula is C13H15F2NO4S. The zero-order valence-electron chi connectivity index (χ0n) is 11.4. The first-order valence-electron chi connectivity index (χ1n) is 6.28. The Bertz CT molecular complexity index is 662. The zero-order valence-corrected chi connectivity index (χ0v) is 12.2. The Morgan fingerprint density at radius 3 is 2.71 bits per heavy atom. The minimum atomic E-state index is -3.14. The highest BCUT2D eigenvalue weighted by Gasteiger charge is 2.39. The molecule has 21 heavy (non-hydrogen) atoms. The Labute approximate surface area is 121 Å². The quantitative estimate of drug-likeness (QED) is 0.900. The number of benzene rings is 1. The fraction of sp³-hybridized carbons (Fsp3) is 0.462. The lowest BCUT2D eigenvalue weighted by atomic mass is 10.0. The minimum absolute atomic E-state index is 0.0250. The fourth-order valence-electron chi connectivity index (χ4n) is 2.22. The van der Waals surface area contributed by atoms with Gasteiger partial charge in [-0.3, -0.25) is 4.79 Å². The number of hydrogen-bond acceptors (Lipinski definition) is 4. The van der Waals surface area contributed by atoms with E-state index in [4.69, 9.17) is 4.74 Å². The van der Waals surface area contributed by atoms with Gasteiger partial charge >= 0.3 is 0 Å². The molecular weight excluding hydrogens is 304 g/mol. The number of carbonyl (C=O) groups excluding carboxylic acids is 1. The maximum absolute atomic E-state index is 13.3. The fourth-order valence-corrected chi connectivity index (χ4v) is 4.31. The van der Waals surface area contributed by atoms with Gasteiger partial charge in [-0.25, -0.2) is 17.2 Å². The molecule has 1 saturated heterocycles. The second-order valence-corrected chi connectivity index (χ2v) is 7.50. The second kappa shape index (κ2) is 5.59. The van der Waals surface area contributed by atoms with Gasteiger partial charge in [-0.05, 0) is 25.5 Å². The molecule has 1 aliphatic rings. The van der Waals surface area contributed by atoms with Crippen LogP contribution in [0, 0.1) is 11.6 Å². The highest BCUT2D eigenvalue weighted by molar-refractivity contribution is 7.91. The van der Waals surface area contributed by atoms with Crippen LogP contribution in [-0.4, -0.2) is 38.0 Å². The first-order chi connectivity index (χ1) is 9.69. The Balaban J connectivity index is 1.91. The topological polar surface area (TPSA) is 72.5 Å². The number of nitrogens with one attached hydrogen (secondary N) is 1. The predicted octanol–water partition coefficient (Wildman–Crippen LogP) is 1.04. The normalized spacial score (nSPS) is 23.8. The Hall–Kier alpha value is -1.70. The summed E-state index contributed by atoms with van der Waals surface area (Å²) in [7, 11) is -3.14. The van der Waals surface area contributed by atoms with E-state index < -0.39 is 39.5 Å². The third-order valence-electron chi connectivity index (χ3n) is 3.20. The molecule has 1 N–H and O–H groups in total. The number of sulfone groups is 1. The lowest BCUT2D eigenvalue weighted by molar-refractivity contribution is -0.124. The van der Waals surface area contributed by atoms with Gasteiger partial charge in [0.15, 0.2) is 28.0 Å². The smallest absolute Gasteiger partial charge is 0.258 e. The third kappa shape index (κ3) is 4.13. The summed E-state index contributed by atoms with van der Waals surface area (Å²) in [6.07, 6.45) is 0.325. The summed E-state index contributed by atoms with van der Waals surface area (Å²) in [5.74, 6) is -2.55. The molecule has 116 valence electrons. The Kier molecular flexibility index (Phi) is 4.18. The zero-order chi connectivity index (χ0) is 15.7. The van der Waals surface area contributed by atoms with Crippen LogP contribution in [0.2, 0.25) is 0 Å². The van der Waals surface area contributed by atoms with Crippen molar-refractivity contribution < 1.29 is 26.7 Å². The van der Waals surface area contributed by atoms with Gasteiger partial charge in [-0.1, -0.05) is 0 Å². The van der Waals surface area contributed by atoms with Crippen LogP contribution in [-0.2, 0) is 14.6 Å². The maximum Gasteiger partial charge on any atom is 0.258 e. The maximum atomic E-state index is 13.3. The molecule has 1 heterocycles. The molecule has 1 aliphatic heterocycles. The Morgan fingerprint density at radius 2 is 2.14 bits per heavy atom. The van der Waals surface area contributed by atoms with Crippen molar-refractivity contribution in [3.8, 4) is 5.75 Å². The van der Waals surface area contributed by atoms with E-state index in [1.807, 2.05) is 0 Å². The van der Waals surface area contributed by atoms with E-state index in [0.29, 0.717) is 12.5 Å². The number of carbonyl (C=O) groups is 1. The average Bonchev–Trinajstić information content (AvgIpc) is 2.62. The summed E-state index contributed by atoms with van der Waals surface area (Å²) in [5.41, 5.74) is -0.833. The van der Waals surface area contributed by atoms with Crippen molar-refractivity contribution in [2.24, 2.45) is 0 Å². The molecule has 0 spiro atoms. The molecule has 1 aromatic rings. The molecule has 0 radical (unpaired) electrons. The van der Waals surface area contributed by atoms with Gasteiger partial charge in [-0.15, -0.1) is 0 Å². The minimum Gasteiger partial charge on any atom is -0.481 e. The van der Waals surface area contributed by atoms with E-state index in [1.165, 1.54) is 0 Å². The van der Waals surface area contributed by atoms with Crippen molar-refractivity contribution in [3.63, 3.8) is 0 Å². The molecule has 0 saturated carbocycles. The third-order valence-corrected chi connectivity index (χ3v) is 5.10. The summed E-state index contributed by atoms with van der Waals surface area (Å²) in [6.45, 7) is 1.16. The number of rotatable bonds is 4. The van der Waals surface area contributed by atoms with E-state index in [-0.39, 0.29) is 17.3 Å². The van der Waals surface area contributed by atoms with Crippen LogP contribution in [0.25, 0.3) is 0 Å². The molecule has 1 amide bonds. The number of amides is 1. The molecule has 0 aliphatic carbocycles. The standard InChI is InChI=1S/C13H15F2NO4S/c1-13(4-5-21(18,19)8-13)16-12(17)7-20-11-3-2-9(14)6-10(11)15/h2-3,6H,4-5,7-8H2,1H3,(H,16,17)/t13-/m0/s1. The largest absolute Gasteiger partial charge is 0.481 e. The number of halogens is 2. The van der Waals surface area contributed by atoms with Crippen molar-refractivity contribution in [2.75, 3.05) is 18.1 Å². The lowest BCUT2D eigenvalue weighted by Crippen LogP contribution is -2.48. The Morgan fingerprint density at radius 1 is 1.43 bits per heavy atom. The molecule has 0 bridgehead atoms. The predicted molar refractivity (Wildman–Crippen MR) is 71.7 cm³/mol. The molecule has 1 atom stereocenters. The van der Waals surface area contributed by atoms with E-state index in [0.717, 1.165) is 12.1 Å². The molecule has 5 nitrogen and oxygen atoms in total. The van der Waals surface area contributed by atoms with Gasteiger partial charge in [0.25, 0.3) is 5.91 Å². The number of hydrogen-bond donors (Lipinski definition) is 1. The van der Waals surface area contributed by atoms with Crippen molar-refractivity contribution in [1.29, 1.82) is 0 Å². The van der Waals surface area contributed by atoms with Gasteiger partial charge in [0.05, 0.1) is 17.0 Å². The highest BCUT2D eigenvalue weighted by atomic mass is 32.2. The van der Waals surface area contributed by atoms with Crippen molar-refractivity contribution in [2.45, 2.75) is 18.9 Å². The van der Waals surface area contributed by atoms with E-state index in [1.54, 1.807) is 6.92 Å². The summed E-state index contributed by atoms with van der Waals surface area (Å²) >= 11 is 0. The van der Waals surface area contributed by atoms with Crippen molar-refractivity contribution in [1.82, 2.24) is 5.32 Å².